The number of thioether (sulfide) groups is 1. The molecule has 2 heterocycles. The van der Waals surface area contributed by atoms with Crippen LogP contribution in [0.4, 0.5) is 0 Å². The van der Waals surface area contributed by atoms with E-state index in [0.29, 0.717) is 5.75 Å². The average molecular weight is 549 g/mol. The number of fused-ring (bicyclic) bond motifs is 1. The van der Waals surface area contributed by atoms with Crippen LogP contribution in [0, 0.1) is 0 Å². The van der Waals surface area contributed by atoms with Crippen molar-refractivity contribution in [2.45, 2.75) is 43.6 Å². The summed E-state index contributed by atoms with van der Waals surface area (Å²) in [5, 5.41) is -0.0793. The lowest BCUT2D eigenvalue weighted by Crippen LogP contribution is -2.62. The van der Waals surface area contributed by atoms with E-state index in [2.05, 4.69) is 4.40 Å². The second kappa shape index (κ2) is 8.93. The van der Waals surface area contributed by atoms with Crippen LogP contribution in [0.5, 0.6) is 0 Å². The van der Waals surface area contributed by atoms with E-state index in [-0.39, 0.29) is 41.4 Å². The first-order chi connectivity index (χ1) is 13.8. The number of carbonyl (C=O) groups excluding carboxylic acids is 2. The van der Waals surface area contributed by atoms with Crippen molar-refractivity contribution in [1.29, 1.82) is 0 Å². The molecule has 162 valence electrons. The normalized spacial score (nSPS) is 20.4. The van der Waals surface area contributed by atoms with Crippen LogP contribution in [0.2, 0.25) is 25.1 Å². The van der Waals surface area contributed by atoms with Crippen molar-refractivity contribution in [3.8, 4) is 0 Å². The summed E-state index contributed by atoms with van der Waals surface area (Å²) in [7, 11) is 0. The Kier molecular flexibility index (Phi) is 7.25. The number of nitrogens with zero attached hydrogens (tertiary/aromatic N) is 2. The van der Waals surface area contributed by atoms with Gasteiger partial charge >= 0.3 is 5.97 Å². The van der Waals surface area contributed by atoms with Crippen molar-refractivity contribution >= 4 is 99.3 Å². The zero-order valence-electron chi connectivity index (χ0n) is 16.1. The van der Waals surface area contributed by atoms with Gasteiger partial charge in [-0.2, -0.15) is 0 Å². The largest absolute Gasteiger partial charge is 0.455 e. The third-order valence-electron chi connectivity index (χ3n) is 4.01. The zero-order chi connectivity index (χ0) is 22.5. The number of ether oxygens (including phenoxy) is 1. The summed E-state index contributed by atoms with van der Waals surface area (Å²) in [6.45, 7) is 7.12. The van der Waals surface area contributed by atoms with E-state index < -0.39 is 22.9 Å². The van der Waals surface area contributed by atoms with Crippen LogP contribution in [0.15, 0.2) is 20.6 Å². The summed E-state index contributed by atoms with van der Waals surface area (Å²) in [6, 6.07) is 0. The monoisotopic (exact) mass is 546 g/mol. The van der Waals surface area contributed by atoms with Crippen molar-refractivity contribution in [3.05, 3.63) is 36.4 Å². The lowest BCUT2D eigenvalue weighted by atomic mass is 10.1. The zero-order valence-corrected chi connectivity index (χ0v) is 21.5. The molecule has 30 heavy (non-hydrogen) atoms. The number of hydrogen-bond donors (Lipinski definition) is 0. The van der Waals surface area contributed by atoms with Gasteiger partial charge in [0.1, 0.15) is 22.4 Å². The van der Waals surface area contributed by atoms with Gasteiger partial charge in [-0.1, -0.05) is 58.0 Å². The van der Waals surface area contributed by atoms with Crippen LogP contribution in [0.1, 0.15) is 27.7 Å². The van der Waals surface area contributed by atoms with Gasteiger partial charge in [-0.3, -0.25) is 9.69 Å². The highest BCUT2D eigenvalue weighted by Gasteiger charge is 2.51. The molecule has 0 bridgehead atoms. The first-order valence-corrected chi connectivity index (χ1v) is 12.2. The molecular formula is C18H15Cl5N2O3S2. The Hall–Kier alpha value is -0.280. The van der Waals surface area contributed by atoms with Crippen molar-refractivity contribution in [2.24, 2.45) is 4.40 Å². The van der Waals surface area contributed by atoms with Crippen molar-refractivity contribution in [1.82, 2.24) is 4.90 Å². The van der Waals surface area contributed by atoms with Crippen LogP contribution < -0.4 is 0 Å². The van der Waals surface area contributed by atoms with Gasteiger partial charge in [-0.25, -0.2) is 9.19 Å². The first kappa shape index (κ1) is 24.4. The Morgan fingerprint density at radius 2 is 1.63 bits per heavy atom. The van der Waals surface area contributed by atoms with E-state index in [1.165, 1.54) is 16.7 Å². The summed E-state index contributed by atoms with van der Waals surface area (Å²) in [5.41, 5.74) is 0.628. The molecule has 3 rings (SSSR count). The summed E-state index contributed by atoms with van der Waals surface area (Å²) in [4.78, 5) is 27.1. The van der Waals surface area contributed by atoms with E-state index in [9.17, 15) is 9.59 Å². The number of carbonyl (C=O) groups is 2. The highest BCUT2D eigenvalue weighted by atomic mass is 35.5. The number of hydrogen-bond acceptors (Lipinski definition) is 6. The molecule has 0 aromatic heterocycles. The predicted molar refractivity (Wildman–Crippen MR) is 126 cm³/mol. The van der Waals surface area contributed by atoms with E-state index in [1.54, 1.807) is 27.7 Å². The molecule has 5 nitrogen and oxygen atoms in total. The average Bonchev–Trinajstić information content (AvgIpc) is 2.66. The molecule has 12 heteroatoms. The second-order valence-electron chi connectivity index (χ2n) is 7.44. The maximum Gasteiger partial charge on any atom is 0.355 e. The molecule has 1 aromatic rings. The molecule has 0 spiro atoms. The third kappa shape index (κ3) is 4.45. The van der Waals surface area contributed by atoms with Crippen LogP contribution >= 0.6 is 81.7 Å². The van der Waals surface area contributed by atoms with Crippen LogP contribution in [-0.2, 0) is 14.3 Å². The van der Waals surface area contributed by atoms with Gasteiger partial charge in [-0.15, -0.1) is 11.8 Å². The molecule has 1 atom stereocenters. The molecule has 1 saturated heterocycles. The first-order valence-electron chi connectivity index (χ1n) is 8.49. The maximum absolute atomic E-state index is 12.8. The summed E-state index contributed by atoms with van der Waals surface area (Å²) >= 11 is 32.9. The van der Waals surface area contributed by atoms with Crippen molar-refractivity contribution in [3.63, 3.8) is 0 Å². The number of amides is 1. The van der Waals surface area contributed by atoms with E-state index in [1.807, 2.05) is 0 Å². The molecule has 1 fully saturated rings. The smallest absolute Gasteiger partial charge is 0.355 e. The van der Waals surface area contributed by atoms with Crippen LogP contribution in [0.25, 0.3) is 0 Å². The Labute approximate surface area is 207 Å². The lowest BCUT2D eigenvalue weighted by molar-refractivity contribution is -0.154. The van der Waals surface area contributed by atoms with Gasteiger partial charge in [0.2, 0.25) is 0 Å². The highest BCUT2D eigenvalue weighted by Crippen LogP contribution is 2.49. The van der Waals surface area contributed by atoms with E-state index in [0.717, 1.165) is 17.5 Å². The molecule has 0 saturated carbocycles. The SMILES string of the molecule is CC1=C(C(=O)OC(C)(C)C)N2C(=O)C(=NSc3c(Cl)c(Cl)c(Cl)c(Cl)c3Cl)[C@@H]2SC1. The van der Waals surface area contributed by atoms with Gasteiger partial charge < -0.3 is 4.74 Å². The van der Waals surface area contributed by atoms with E-state index in [4.69, 9.17) is 62.7 Å². The molecule has 2 aliphatic heterocycles. The molecule has 0 aliphatic carbocycles. The minimum absolute atomic E-state index is 0.0432. The Morgan fingerprint density at radius 1 is 1.10 bits per heavy atom. The quantitative estimate of drug-likeness (QED) is 0.135. The molecule has 1 aromatic carbocycles. The number of rotatable bonds is 3. The number of β-lactam (4-membered cyclic amide) rings is 1. The number of esters is 1. The highest BCUT2D eigenvalue weighted by molar-refractivity contribution is 8.01. The predicted octanol–water partition coefficient (Wildman–Crippen LogP) is 6.93. The minimum atomic E-state index is -0.675. The van der Waals surface area contributed by atoms with Crippen molar-refractivity contribution < 1.29 is 14.3 Å². The molecule has 0 unspecified atom stereocenters. The van der Waals surface area contributed by atoms with Gasteiger partial charge in [0.05, 0.1) is 30.0 Å². The Morgan fingerprint density at radius 3 is 2.17 bits per heavy atom. The molecule has 1 amide bonds. The van der Waals surface area contributed by atoms with Gasteiger partial charge in [0.25, 0.3) is 5.91 Å². The number of halogens is 5. The summed E-state index contributed by atoms with van der Waals surface area (Å²) < 4.78 is 9.77. The molecule has 0 radical (unpaired) electrons. The fourth-order valence-electron chi connectivity index (χ4n) is 2.68. The fraction of sp³-hybridized carbons (Fsp3) is 0.389. The topological polar surface area (TPSA) is 59.0 Å². The van der Waals surface area contributed by atoms with Crippen LogP contribution in [-0.4, -0.2) is 39.2 Å². The Balaban J connectivity index is 1.87. The van der Waals surface area contributed by atoms with Gasteiger partial charge in [0, 0.05) is 17.7 Å². The minimum Gasteiger partial charge on any atom is -0.455 e. The second-order valence-corrected chi connectivity index (χ2v) is 11.2. The van der Waals surface area contributed by atoms with Crippen LogP contribution in [0.3, 0.4) is 0 Å². The maximum atomic E-state index is 12.8. The van der Waals surface area contributed by atoms with Crippen molar-refractivity contribution in [2.75, 3.05) is 5.75 Å². The van der Waals surface area contributed by atoms with Gasteiger partial charge in [0.15, 0.2) is 0 Å². The summed E-state index contributed by atoms with van der Waals surface area (Å²) in [5.74, 6) is -0.363. The van der Waals surface area contributed by atoms with Gasteiger partial charge in [-0.05, 0) is 33.3 Å². The Bertz CT molecular complexity index is 991. The number of benzene rings is 1. The third-order valence-corrected chi connectivity index (χ3v) is 8.74. The summed E-state index contributed by atoms with van der Waals surface area (Å²) in [6.07, 6.45) is 0. The van der Waals surface area contributed by atoms with E-state index >= 15 is 0 Å². The fourth-order valence-corrected chi connectivity index (χ4v) is 6.15. The molecular weight excluding hydrogens is 534 g/mol. The molecule has 2 aliphatic rings. The molecule has 0 N–H and O–H groups in total. The lowest BCUT2D eigenvalue weighted by Gasteiger charge is -2.44. The standard InChI is InChI=1S/C18H15Cl5N2O3S2/c1-6-5-29-16-12(15(26)25(16)13(6)17(27)28-18(2,3)4)24-30-14-10(22)8(20)7(19)9(21)11(14)23/h16H,5H2,1-4H3/t16-/m0/s1.